The summed E-state index contributed by atoms with van der Waals surface area (Å²) in [6, 6.07) is 21.3. The third-order valence-corrected chi connectivity index (χ3v) is 5.34. The van der Waals surface area contributed by atoms with Crippen molar-refractivity contribution in [1.29, 1.82) is 5.26 Å². The van der Waals surface area contributed by atoms with Crippen LogP contribution in [0.1, 0.15) is 11.1 Å². The first kappa shape index (κ1) is 21.9. The van der Waals surface area contributed by atoms with E-state index in [0.717, 1.165) is 4.47 Å². The Bertz CT molecular complexity index is 1100. The molecule has 0 bridgehead atoms. The Morgan fingerprint density at radius 2 is 1.67 bits per heavy atom. The minimum atomic E-state index is -0.478. The van der Waals surface area contributed by atoms with Crippen LogP contribution in [-0.4, -0.2) is 5.91 Å². The maximum absolute atomic E-state index is 12.4. The molecule has 0 aliphatic rings. The normalized spacial score (nSPS) is 10.9. The van der Waals surface area contributed by atoms with Crippen molar-refractivity contribution in [2.75, 3.05) is 5.32 Å². The molecule has 0 aliphatic carbocycles. The molecule has 0 heterocycles. The number of carbonyl (C=O) groups excluding carboxylic acids is 1. The van der Waals surface area contributed by atoms with Crippen molar-refractivity contribution < 1.29 is 9.53 Å². The monoisotopic (exact) mass is 500 g/mol. The average molecular weight is 502 g/mol. The van der Waals surface area contributed by atoms with Crippen molar-refractivity contribution in [1.82, 2.24) is 0 Å². The van der Waals surface area contributed by atoms with Crippen LogP contribution in [-0.2, 0) is 11.4 Å². The van der Waals surface area contributed by atoms with E-state index in [2.05, 4.69) is 21.2 Å². The standard InChI is InChI=1S/C23H15BrCl2N2O2/c24-17-6-8-18(9-7-17)28-23(29)16(13-27)12-15-4-10-19(11-5-15)30-14-20-21(25)2-1-3-22(20)26/h1-12H,14H2,(H,28,29)/b16-12+. The van der Waals surface area contributed by atoms with Crippen molar-refractivity contribution >= 4 is 56.8 Å². The zero-order valence-electron chi connectivity index (χ0n) is 15.5. The van der Waals surface area contributed by atoms with Gasteiger partial charge in [0.15, 0.2) is 0 Å². The van der Waals surface area contributed by atoms with Crippen LogP contribution in [0.15, 0.2) is 76.8 Å². The highest BCUT2D eigenvalue weighted by atomic mass is 79.9. The summed E-state index contributed by atoms with van der Waals surface area (Å²) < 4.78 is 6.64. The van der Waals surface area contributed by atoms with Crippen LogP contribution in [0.4, 0.5) is 5.69 Å². The Kier molecular flexibility index (Phi) is 7.53. The Morgan fingerprint density at radius 3 is 2.27 bits per heavy atom. The largest absolute Gasteiger partial charge is 0.489 e. The van der Waals surface area contributed by atoms with Crippen LogP contribution in [0, 0.1) is 11.3 Å². The number of amides is 1. The van der Waals surface area contributed by atoms with E-state index >= 15 is 0 Å². The molecule has 0 unspecified atom stereocenters. The smallest absolute Gasteiger partial charge is 0.266 e. The second-order valence-electron chi connectivity index (χ2n) is 6.19. The van der Waals surface area contributed by atoms with Crippen LogP contribution in [0.3, 0.4) is 0 Å². The lowest BCUT2D eigenvalue weighted by Crippen LogP contribution is -2.13. The van der Waals surface area contributed by atoms with E-state index in [4.69, 9.17) is 27.9 Å². The number of halogens is 3. The SMILES string of the molecule is N#C/C(=C\c1ccc(OCc2c(Cl)cccc2Cl)cc1)C(=O)Nc1ccc(Br)cc1. The van der Waals surface area contributed by atoms with Gasteiger partial charge in [-0.3, -0.25) is 4.79 Å². The number of nitrogens with zero attached hydrogens (tertiary/aromatic N) is 1. The van der Waals surface area contributed by atoms with Gasteiger partial charge in [-0.15, -0.1) is 0 Å². The number of carbonyl (C=O) groups is 1. The minimum absolute atomic E-state index is 0.00515. The Morgan fingerprint density at radius 1 is 1.03 bits per heavy atom. The number of ether oxygens (including phenoxy) is 1. The summed E-state index contributed by atoms with van der Waals surface area (Å²) in [5.74, 6) is 0.134. The molecular weight excluding hydrogens is 487 g/mol. The quantitative estimate of drug-likeness (QED) is 0.295. The highest BCUT2D eigenvalue weighted by molar-refractivity contribution is 9.10. The lowest BCUT2D eigenvalue weighted by molar-refractivity contribution is -0.112. The molecule has 7 heteroatoms. The molecular formula is C23H15BrCl2N2O2. The van der Waals surface area contributed by atoms with Gasteiger partial charge in [-0.1, -0.05) is 57.3 Å². The number of nitrogens with one attached hydrogen (secondary N) is 1. The molecule has 0 spiro atoms. The molecule has 0 atom stereocenters. The fourth-order valence-corrected chi connectivity index (χ4v) is 3.30. The maximum atomic E-state index is 12.4. The third-order valence-electron chi connectivity index (χ3n) is 4.10. The number of benzene rings is 3. The number of anilines is 1. The Balaban J connectivity index is 1.66. The summed E-state index contributed by atoms with van der Waals surface area (Å²) in [5, 5.41) is 13.1. The van der Waals surface area contributed by atoms with Gasteiger partial charge in [0.1, 0.15) is 24.0 Å². The van der Waals surface area contributed by atoms with Crippen LogP contribution < -0.4 is 10.1 Å². The van der Waals surface area contributed by atoms with Gasteiger partial charge in [0.25, 0.3) is 5.91 Å². The highest BCUT2D eigenvalue weighted by Crippen LogP contribution is 2.26. The zero-order chi connectivity index (χ0) is 21.5. The van der Waals surface area contributed by atoms with Gasteiger partial charge in [-0.2, -0.15) is 5.26 Å². The lowest BCUT2D eigenvalue weighted by Gasteiger charge is -2.09. The van der Waals surface area contributed by atoms with E-state index in [1.165, 1.54) is 6.08 Å². The summed E-state index contributed by atoms with van der Waals surface area (Å²) in [6.07, 6.45) is 1.52. The van der Waals surface area contributed by atoms with Crippen molar-refractivity contribution in [2.45, 2.75) is 6.61 Å². The first-order chi connectivity index (χ1) is 14.5. The summed E-state index contributed by atoms with van der Waals surface area (Å²) in [4.78, 5) is 12.4. The van der Waals surface area contributed by atoms with E-state index in [-0.39, 0.29) is 12.2 Å². The molecule has 30 heavy (non-hydrogen) atoms. The fraction of sp³-hybridized carbons (Fsp3) is 0.0435. The molecule has 0 fully saturated rings. The maximum Gasteiger partial charge on any atom is 0.266 e. The molecule has 0 aromatic heterocycles. The van der Waals surface area contributed by atoms with E-state index in [0.29, 0.717) is 32.6 Å². The average Bonchev–Trinajstić information content (AvgIpc) is 2.74. The Hall–Kier alpha value is -2.78. The summed E-state index contributed by atoms with van der Waals surface area (Å²) >= 11 is 15.6. The summed E-state index contributed by atoms with van der Waals surface area (Å²) in [7, 11) is 0. The van der Waals surface area contributed by atoms with Gasteiger partial charge in [0, 0.05) is 25.8 Å². The number of hydrogen-bond donors (Lipinski definition) is 1. The first-order valence-electron chi connectivity index (χ1n) is 8.81. The second-order valence-corrected chi connectivity index (χ2v) is 7.92. The molecule has 1 amide bonds. The van der Waals surface area contributed by atoms with Crippen molar-refractivity contribution in [2.24, 2.45) is 0 Å². The van der Waals surface area contributed by atoms with E-state index in [1.54, 1.807) is 66.7 Å². The molecule has 1 N–H and O–H groups in total. The molecule has 3 rings (SSSR count). The fourth-order valence-electron chi connectivity index (χ4n) is 2.53. The molecule has 0 radical (unpaired) electrons. The number of rotatable bonds is 6. The molecule has 150 valence electrons. The number of nitriles is 1. The second kappa shape index (κ2) is 10.3. The van der Waals surface area contributed by atoms with E-state index < -0.39 is 5.91 Å². The van der Waals surface area contributed by atoms with Gasteiger partial charge in [-0.25, -0.2) is 0 Å². The van der Waals surface area contributed by atoms with E-state index in [9.17, 15) is 10.1 Å². The molecule has 4 nitrogen and oxygen atoms in total. The van der Waals surface area contributed by atoms with Crippen molar-refractivity contribution in [3.8, 4) is 11.8 Å². The molecule has 3 aromatic carbocycles. The van der Waals surface area contributed by atoms with Gasteiger partial charge in [0.05, 0.1) is 0 Å². The van der Waals surface area contributed by atoms with Crippen LogP contribution in [0.25, 0.3) is 6.08 Å². The molecule has 0 saturated carbocycles. The van der Waals surface area contributed by atoms with Crippen LogP contribution >= 0.6 is 39.1 Å². The third kappa shape index (κ3) is 5.87. The van der Waals surface area contributed by atoms with Crippen LogP contribution in [0.5, 0.6) is 5.75 Å². The Labute approximate surface area is 192 Å². The topological polar surface area (TPSA) is 62.1 Å². The molecule has 3 aromatic rings. The van der Waals surface area contributed by atoms with Gasteiger partial charge in [0.2, 0.25) is 0 Å². The van der Waals surface area contributed by atoms with Gasteiger partial charge < -0.3 is 10.1 Å². The molecule has 0 aliphatic heterocycles. The summed E-state index contributed by atoms with van der Waals surface area (Å²) in [5.41, 5.74) is 2.00. The highest BCUT2D eigenvalue weighted by Gasteiger charge is 2.10. The number of hydrogen-bond acceptors (Lipinski definition) is 3. The van der Waals surface area contributed by atoms with Gasteiger partial charge >= 0.3 is 0 Å². The van der Waals surface area contributed by atoms with Gasteiger partial charge in [-0.05, 0) is 60.2 Å². The van der Waals surface area contributed by atoms with Crippen molar-refractivity contribution in [3.05, 3.63) is 97.9 Å². The zero-order valence-corrected chi connectivity index (χ0v) is 18.6. The van der Waals surface area contributed by atoms with E-state index in [1.807, 2.05) is 6.07 Å². The lowest BCUT2D eigenvalue weighted by atomic mass is 10.1. The first-order valence-corrected chi connectivity index (χ1v) is 10.4. The summed E-state index contributed by atoms with van der Waals surface area (Å²) in [6.45, 7) is 0.229. The predicted octanol–water partition coefficient (Wildman–Crippen LogP) is 6.88. The van der Waals surface area contributed by atoms with Crippen LogP contribution in [0.2, 0.25) is 10.0 Å². The minimum Gasteiger partial charge on any atom is -0.489 e. The predicted molar refractivity (Wildman–Crippen MR) is 124 cm³/mol. The molecule has 0 saturated heterocycles. The van der Waals surface area contributed by atoms with Crippen molar-refractivity contribution in [3.63, 3.8) is 0 Å².